The molecule has 176 valence electrons. The molecule has 0 radical (unpaired) electrons. The highest BCUT2D eigenvalue weighted by atomic mass is 19.4. The van der Waals surface area contributed by atoms with Crippen molar-refractivity contribution in [2.45, 2.75) is 19.5 Å². The van der Waals surface area contributed by atoms with E-state index in [1.165, 1.54) is 6.07 Å². The Hall–Kier alpha value is -3.23. The maximum atomic E-state index is 13.1. The van der Waals surface area contributed by atoms with Crippen LogP contribution in [0.5, 0.6) is 5.75 Å². The van der Waals surface area contributed by atoms with E-state index in [0.29, 0.717) is 49.9 Å². The third kappa shape index (κ3) is 4.91. The van der Waals surface area contributed by atoms with Crippen LogP contribution in [0, 0.1) is 5.92 Å². The largest absolute Gasteiger partial charge is 0.492 e. The second-order valence-corrected chi connectivity index (χ2v) is 8.17. The minimum Gasteiger partial charge on any atom is -0.492 e. The first-order valence-corrected chi connectivity index (χ1v) is 11.0. The van der Waals surface area contributed by atoms with Crippen molar-refractivity contribution < 1.29 is 27.5 Å². The quantitative estimate of drug-likeness (QED) is 0.680. The molecule has 2 amide bonds. The highest BCUT2D eigenvalue weighted by molar-refractivity contribution is 6.01. The molecule has 4 rings (SSSR count). The van der Waals surface area contributed by atoms with Crippen molar-refractivity contribution in [3.8, 4) is 5.75 Å². The highest BCUT2D eigenvalue weighted by Crippen LogP contribution is 2.34. The number of piperazine rings is 1. The van der Waals surface area contributed by atoms with Crippen LogP contribution in [0.2, 0.25) is 0 Å². The lowest BCUT2D eigenvalue weighted by molar-refractivity contribution is -0.137. The summed E-state index contributed by atoms with van der Waals surface area (Å²) in [4.78, 5) is 31.0. The molecule has 1 unspecified atom stereocenters. The number of hydrogen-bond acceptors (Lipinski definition) is 4. The Labute approximate surface area is 190 Å². The zero-order chi connectivity index (χ0) is 23.6. The lowest BCUT2D eigenvalue weighted by atomic mass is 10.1. The Morgan fingerprint density at radius 3 is 2.48 bits per heavy atom. The molecular formula is C24H26F3N3O3. The summed E-state index contributed by atoms with van der Waals surface area (Å²) in [6, 6.07) is 12.5. The Morgan fingerprint density at radius 2 is 1.79 bits per heavy atom. The topological polar surface area (TPSA) is 53.1 Å². The average molecular weight is 461 g/mol. The minimum atomic E-state index is -4.39. The van der Waals surface area contributed by atoms with Crippen molar-refractivity contribution in [1.29, 1.82) is 0 Å². The van der Waals surface area contributed by atoms with E-state index in [1.54, 1.807) is 21.9 Å². The van der Waals surface area contributed by atoms with Gasteiger partial charge in [-0.2, -0.15) is 13.2 Å². The molecule has 2 aliphatic rings. The first-order valence-electron chi connectivity index (χ1n) is 11.0. The van der Waals surface area contributed by atoms with Crippen LogP contribution in [0.4, 0.5) is 24.5 Å². The summed E-state index contributed by atoms with van der Waals surface area (Å²) >= 11 is 0. The van der Waals surface area contributed by atoms with E-state index in [0.717, 1.165) is 12.1 Å². The van der Waals surface area contributed by atoms with Gasteiger partial charge in [0.2, 0.25) is 11.8 Å². The van der Waals surface area contributed by atoms with E-state index in [9.17, 15) is 22.8 Å². The van der Waals surface area contributed by atoms with E-state index in [4.69, 9.17) is 4.74 Å². The van der Waals surface area contributed by atoms with E-state index < -0.39 is 17.7 Å². The van der Waals surface area contributed by atoms with E-state index in [1.807, 2.05) is 30.0 Å². The lowest BCUT2D eigenvalue weighted by Gasteiger charge is -2.37. The van der Waals surface area contributed by atoms with Gasteiger partial charge in [-0.15, -0.1) is 0 Å². The predicted molar refractivity (Wildman–Crippen MR) is 118 cm³/mol. The zero-order valence-corrected chi connectivity index (χ0v) is 18.3. The summed E-state index contributed by atoms with van der Waals surface area (Å²) in [5, 5.41) is 0. The number of nitrogens with zero attached hydrogens (tertiary/aromatic N) is 3. The van der Waals surface area contributed by atoms with Crippen LogP contribution in [0.3, 0.4) is 0 Å². The van der Waals surface area contributed by atoms with Crippen LogP contribution >= 0.6 is 0 Å². The Balaban J connectivity index is 1.38. The molecule has 1 atom stereocenters. The normalized spacial score (nSPS) is 19.2. The third-order valence-electron chi connectivity index (χ3n) is 6.06. The molecule has 2 heterocycles. The van der Waals surface area contributed by atoms with Gasteiger partial charge in [-0.1, -0.05) is 18.2 Å². The molecule has 0 aliphatic carbocycles. The Bertz CT molecular complexity index is 1020. The summed E-state index contributed by atoms with van der Waals surface area (Å²) in [6.07, 6.45) is -4.26. The SMILES string of the molecule is CCOc1ccccc1N1CC(C(=O)N2CCN(c3cccc(C(F)(F)F)c3)CC2)CC1=O. The smallest absolute Gasteiger partial charge is 0.416 e. The van der Waals surface area contributed by atoms with Crippen molar-refractivity contribution in [2.24, 2.45) is 5.92 Å². The molecule has 0 N–H and O–H groups in total. The highest BCUT2D eigenvalue weighted by Gasteiger charge is 2.39. The molecule has 0 bridgehead atoms. The molecule has 0 aromatic heterocycles. The lowest BCUT2D eigenvalue weighted by Crippen LogP contribution is -2.50. The number of carbonyl (C=O) groups excluding carboxylic acids is 2. The molecule has 9 heteroatoms. The predicted octanol–water partition coefficient (Wildman–Crippen LogP) is 3.81. The minimum absolute atomic E-state index is 0.0940. The number of para-hydroxylation sites is 2. The summed E-state index contributed by atoms with van der Waals surface area (Å²) in [5.41, 5.74) is 0.469. The number of alkyl halides is 3. The number of carbonyl (C=O) groups is 2. The van der Waals surface area contributed by atoms with Gasteiger partial charge in [-0.3, -0.25) is 9.59 Å². The maximum Gasteiger partial charge on any atom is 0.416 e. The monoisotopic (exact) mass is 461 g/mol. The van der Waals surface area contributed by atoms with Gasteiger partial charge in [-0.25, -0.2) is 0 Å². The molecule has 2 aromatic carbocycles. The van der Waals surface area contributed by atoms with Crippen LogP contribution in [0.25, 0.3) is 0 Å². The average Bonchev–Trinajstić information content (AvgIpc) is 3.20. The van der Waals surface area contributed by atoms with Crippen molar-refractivity contribution in [2.75, 3.05) is 49.1 Å². The van der Waals surface area contributed by atoms with Crippen molar-refractivity contribution >= 4 is 23.2 Å². The second kappa shape index (κ2) is 9.33. The van der Waals surface area contributed by atoms with Crippen LogP contribution in [0.15, 0.2) is 48.5 Å². The van der Waals surface area contributed by atoms with Crippen LogP contribution in [0.1, 0.15) is 18.9 Å². The van der Waals surface area contributed by atoms with Gasteiger partial charge in [0.05, 0.1) is 23.8 Å². The fraction of sp³-hybridized carbons (Fsp3) is 0.417. The number of ether oxygens (including phenoxy) is 1. The van der Waals surface area contributed by atoms with Crippen LogP contribution in [-0.2, 0) is 15.8 Å². The standard InChI is InChI=1S/C24H26F3N3O3/c1-2-33-21-9-4-3-8-20(21)30-16-17(14-22(30)31)23(32)29-12-10-28(11-13-29)19-7-5-6-18(15-19)24(25,26)27/h3-9,15,17H,2,10-14,16H2,1H3. The van der Waals surface area contributed by atoms with Gasteiger partial charge in [0, 0.05) is 44.8 Å². The first kappa shape index (κ1) is 22.9. The fourth-order valence-electron chi connectivity index (χ4n) is 4.39. The molecule has 6 nitrogen and oxygen atoms in total. The van der Waals surface area contributed by atoms with Gasteiger partial charge in [0.1, 0.15) is 5.75 Å². The molecule has 2 aliphatic heterocycles. The zero-order valence-electron chi connectivity index (χ0n) is 18.3. The van der Waals surface area contributed by atoms with E-state index in [-0.39, 0.29) is 24.8 Å². The molecule has 0 spiro atoms. The van der Waals surface area contributed by atoms with Crippen molar-refractivity contribution in [3.05, 3.63) is 54.1 Å². The summed E-state index contributed by atoms with van der Waals surface area (Å²) in [5.74, 6) is -0.0602. The molecule has 2 fully saturated rings. The van der Waals surface area contributed by atoms with Gasteiger partial charge in [0.25, 0.3) is 0 Å². The number of hydrogen-bond donors (Lipinski definition) is 0. The summed E-state index contributed by atoms with van der Waals surface area (Å²) in [6.45, 7) is 4.29. The van der Waals surface area contributed by atoms with E-state index >= 15 is 0 Å². The maximum absolute atomic E-state index is 13.1. The van der Waals surface area contributed by atoms with Gasteiger partial charge in [-0.05, 0) is 37.3 Å². The molecule has 2 saturated heterocycles. The fourth-order valence-corrected chi connectivity index (χ4v) is 4.39. The number of amides is 2. The number of halogens is 3. The number of rotatable bonds is 5. The molecular weight excluding hydrogens is 435 g/mol. The van der Waals surface area contributed by atoms with Crippen molar-refractivity contribution in [1.82, 2.24) is 4.90 Å². The number of anilines is 2. The van der Waals surface area contributed by atoms with Crippen LogP contribution < -0.4 is 14.5 Å². The van der Waals surface area contributed by atoms with E-state index in [2.05, 4.69) is 0 Å². The van der Waals surface area contributed by atoms with Crippen LogP contribution in [-0.4, -0.2) is 56.0 Å². The van der Waals surface area contributed by atoms with Crippen molar-refractivity contribution in [3.63, 3.8) is 0 Å². The summed E-state index contributed by atoms with van der Waals surface area (Å²) in [7, 11) is 0. The molecule has 33 heavy (non-hydrogen) atoms. The molecule has 0 saturated carbocycles. The summed E-state index contributed by atoms with van der Waals surface area (Å²) < 4.78 is 44.7. The van der Waals surface area contributed by atoms with Gasteiger partial charge >= 0.3 is 6.18 Å². The Morgan fingerprint density at radius 1 is 1.06 bits per heavy atom. The van der Waals surface area contributed by atoms with Gasteiger partial charge < -0.3 is 19.4 Å². The molecule has 2 aromatic rings. The van der Waals surface area contributed by atoms with Gasteiger partial charge in [0.15, 0.2) is 0 Å². The second-order valence-electron chi connectivity index (χ2n) is 8.17. The third-order valence-corrected chi connectivity index (χ3v) is 6.06. The Kier molecular flexibility index (Phi) is 6.49. The first-order chi connectivity index (χ1) is 15.8. The number of benzene rings is 2.